The first kappa shape index (κ1) is 35.4. The smallest absolute Gasteiger partial charge is 0.0104 e. The molecule has 0 aromatic heterocycles. The number of hydrogen-bond donors (Lipinski definition) is 0. The molecule has 232 valence electrons. The summed E-state index contributed by atoms with van der Waals surface area (Å²) in [4.78, 5) is 0. The van der Waals surface area contributed by atoms with Gasteiger partial charge in [-0.2, -0.15) is 0 Å². The lowest BCUT2D eigenvalue weighted by atomic mass is 9.70. The van der Waals surface area contributed by atoms with Crippen LogP contribution in [0.15, 0.2) is 34.4 Å². The highest BCUT2D eigenvalue weighted by Crippen LogP contribution is 2.43. The number of hydrogen-bond acceptors (Lipinski definition) is 0. The summed E-state index contributed by atoms with van der Waals surface area (Å²) in [5.74, 6) is 3.56. The lowest BCUT2D eigenvalue weighted by molar-refractivity contribution is 0.337. The van der Waals surface area contributed by atoms with Gasteiger partial charge in [0.1, 0.15) is 0 Å². The Kier molecular flexibility index (Phi) is 15.4. The molecule has 2 rings (SSSR count). The molecule has 0 saturated carbocycles. The van der Waals surface area contributed by atoms with Gasteiger partial charge in [0.05, 0.1) is 0 Å². The summed E-state index contributed by atoms with van der Waals surface area (Å²) in [6, 6.07) is 0. The molecule has 0 nitrogen and oxygen atoms in total. The van der Waals surface area contributed by atoms with E-state index in [2.05, 4.69) is 81.4 Å². The quantitative estimate of drug-likeness (QED) is 0.110. The van der Waals surface area contributed by atoms with Crippen molar-refractivity contribution in [1.82, 2.24) is 0 Å². The first-order valence-electron chi connectivity index (χ1n) is 17.9. The van der Waals surface area contributed by atoms with Crippen LogP contribution in [-0.2, 0) is 0 Å². The van der Waals surface area contributed by atoms with Crippen LogP contribution in [0, 0.1) is 34.5 Å². The third-order valence-electron chi connectivity index (χ3n) is 11.2. The van der Waals surface area contributed by atoms with Gasteiger partial charge in [0, 0.05) is 0 Å². The van der Waals surface area contributed by atoms with Crippen LogP contribution < -0.4 is 0 Å². The second-order valence-electron chi connectivity index (χ2n) is 16.3. The second kappa shape index (κ2) is 17.4. The molecule has 0 amide bonds. The van der Waals surface area contributed by atoms with E-state index in [-0.39, 0.29) is 0 Å². The molecule has 0 aromatic carbocycles. The van der Waals surface area contributed by atoms with Crippen molar-refractivity contribution in [1.29, 1.82) is 0 Å². The van der Waals surface area contributed by atoms with Gasteiger partial charge in [-0.15, -0.1) is 0 Å². The minimum absolute atomic E-state index is 0.367. The van der Waals surface area contributed by atoms with Gasteiger partial charge in [-0.1, -0.05) is 154 Å². The summed E-state index contributed by atoms with van der Waals surface area (Å²) >= 11 is 0. The SMILES string of the molecule is CC1=C(CCC(C)CCCC(C)CCCC[C@H](C)CCCC(C)CCC2=C(C)CCCC2(C)C)C(C)(C)CC=C1. The summed E-state index contributed by atoms with van der Waals surface area (Å²) < 4.78 is 0. The van der Waals surface area contributed by atoms with Crippen LogP contribution in [-0.4, -0.2) is 0 Å². The van der Waals surface area contributed by atoms with Gasteiger partial charge in [-0.3, -0.25) is 0 Å². The topological polar surface area (TPSA) is 0 Å². The Morgan fingerprint density at radius 3 is 1.52 bits per heavy atom. The maximum absolute atomic E-state index is 2.51. The fourth-order valence-electron chi connectivity index (χ4n) is 8.02. The van der Waals surface area contributed by atoms with Crippen molar-refractivity contribution in [3.05, 3.63) is 34.4 Å². The Hall–Kier alpha value is -0.780. The molecule has 2 aliphatic rings. The van der Waals surface area contributed by atoms with Gasteiger partial charge in [0.2, 0.25) is 0 Å². The molecule has 0 saturated heterocycles. The molecule has 0 N–H and O–H groups in total. The molecule has 0 aliphatic heterocycles. The maximum atomic E-state index is 2.51. The van der Waals surface area contributed by atoms with E-state index in [1.165, 1.54) is 121 Å². The third kappa shape index (κ3) is 12.6. The lowest BCUT2D eigenvalue weighted by Gasteiger charge is -2.35. The van der Waals surface area contributed by atoms with Gasteiger partial charge < -0.3 is 0 Å². The Morgan fingerprint density at radius 2 is 1.05 bits per heavy atom. The van der Waals surface area contributed by atoms with Crippen LogP contribution in [0.4, 0.5) is 0 Å². The fraction of sp³-hybridized carbons (Fsp3) is 0.850. The van der Waals surface area contributed by atoms with Gasteiger partial charge in [0.25, 0.3) is 0 Å². The zero-order valence-electron chi connectivity index (χ0n) is 29.2. The van der Waals surface area contributed by atoms with E-state index < -0.39 is 0 Å². The molecule has 0 aromatic rings. The second-order valence-corrected chi connectivity index (χ2v) is 16.3. The summed E-state index contributed by atoms with van der Waals surface area (Å²) in [6.07, 6.45) is 29.8. The molecule has 40 heavy (non-hydrogen) atoms. The van der Waals surface area contributed by atoms with E-state index in [4.69, 9.17) is 0 Å². The fourth-order valence-corrected chi connectivity index (χ4v) is 8.02. The molecule has 0 heterocycles. The molecular formula is C40H72. The Bertz CT molecular complexity index is 815. The van der Waals surface area contributed by atoms with E-state index in [1.54, 1.807) is 16.7 Å². The highest BCUT2D eigenvalue weighted by Gasteiger charge is 2.28. The molecule has 2 aliphatic carbocycles. The maximum Gasteiger partial charge on any atom is -0.0104 e. The Morgan fingerprint density at radius 1 is 0.600 bits per heavy atom. The van der Waals surface area contributed by atoms with Gasteiger partial charge in [-0.05, 0) is 99.7 Å². The van der Waals surface area contributed by atoms with Crippen molar-refractivity contribution >= 4 is 0 Å². The zero-order chi connectivity index (χ0) is 29.8. The molecule has 3 unspecified atom stereocenters. The standard InChI is InChI=1S/C40H72/c1-31(19-13-21-33(3)25-27-37-35(5)23-15-29-39(37,7)8)17-11-12-18-32(2)20-14-22-34(4)26-28-38-36(6)24-16-30-40(38,9)10/h15,23,31-34H,11-14,16-22,24-30H2,1-10H3/t31?,32-,33?,34?/m0/s1. The lowest BCUT2D eigenvalue weighted by Crippen LogP contribution is -2.20. The summed E-state index contributed by atoms with van der Waals surface area (Å²) in [7, 11) is 0. The predicted molar refractivity (Wildman–Crippen MR) is 182 cm³/mol. The van der Waals surface area contributed by atoms with Gasteiger partial charge in [0.15, 0.2) is 0 Å². The molecule has 0 spiro atoms. The van der Waals surface area contributed by atoms with Crippen molar-refractivity contribution in [2.75, 3.05) is 0 Å². The van der Waals surface area contributed by atoms with E-state index in [9.17, 15) is 0 Å². The molecule has 0 bridgehead atoms. The normalized spacial score (nSPS) is 21.9. The number of allylic oxidation sites excluding steroid dienone is 6. The average Bonchev–Trinajstić information content (AvgIpc) is 2.85. The molecule has 0 heteroatoms. The van der Waals surface area contributed by atoms with Crippen LogP contribution in [0.5, 0.6) is 0 Å². The predicted octanol–water partition coefficient (Wildman–Crippen LogP) is 13.8. The largest absolute Gasteiger partial charge is 0.0834 e. The summed E-state index contributed by atoms with van der Waals surface area (Å²) in [5, 5.41) is 0. The average molecular weight is 553 g/mol. The molecule has 4 atom stereocenters. The van der Waals surface area contributed by atoms with Crippen LogP contribution in [0.3, 0.4) is 0 Å². The summed E-state index contributed by atoms with van der Waals surface area (Å²) in [6.45, 7) is 24.6. The third-order valence-corrected chi connectivity index (χ3v) is 11.2. The van der Waals surface area contributed by atoms with Gasteiger partial charge >= 0.3 is 0 Å². The zero-order valence-corrected chi connectivity index (χ0v) is 29.2. The minimum atomic E-state index is 0.367. The first-order chi connectivity index (χ1) is 18.8. The monoisotopic (exact) mass is 553 g/mol. The minimum Gasteiger partial charge on any atom is -0.0834 e. The van der Waals surface area contributed by atoms with E-state index in [0.717, 1.165) is 23.7 Å². The van der Waals surface area contributed by atoms with Crippen molar-refractivity contribution in [3.63, 3.8) is 0 Å². The number of rotatable bonds is 19. The van der Waals surface area contributed by atoms with Crippen molar-refractivity contribution in [2.45, 2.75) is 185 Å². The molecular weight excluding hydrogens is 480 g/mol. The first-order valence-corrected chi connectivity index (χ1v) is 17.9. The molecule has 0 radical (unpaired) electrons. The highest BCUT2D eigenvalue weighted by atomic mass is 14.3. The van der Waals surface area contributed by atoms with Crippen LogP contribution in [0.2, 0.25) is 0 Å². The highest BCUT2D eigenvalue weighted by molar-refractivity contribution is 5.32. The van der Waals surface area contributed by atoms with E-state index >= 15 is 0 Å². The van der Waals surface area contributed by atoms with Crippen LogP contribution in [0.1, 0.15) is 185 Å². The van der Waals surface area contributed by atoms with E-state index in [1.807, 2.05) is 0 Å². The summed E-state index contributed by atoms with van der Waals surface area (Å²) in [5.41, 5.74) is 7.57. The van der Waals surface area contributed by atoms with Crippen molar-refractivity contribution in [2.24, 2.45) is 34.5 Å². The van der Waals surface area contributed by atoms with Crippen molar-refractivity contribution < 1.29 is 0 Å². The Balaban J connectivity index is 1.49. The number of unbranched alkanes of at least 4 members (excludes halogenated alkanes) is 1. The van der Waals surface area contributed by atoms with Crippen molar-refractivity contribution in [3.8, 4) is 0 Å². The van der Waals surface area contributed by atoms with E-state index in [0.29, 0.717) is 10.8 Å². The molecule has 0 fully saturated rings. The van der Waals surface area contributed by atoms with Gasteiger partial charge in [-0.25, -0.2) is 0 Å². The Labute approximate surface area is 253 Å². The van der Waals surface area contributed by atoms with Crippen LogP contribution >= 0.6 is 0 Å². The van der Waals surface area contributed by atoms with Crippen LogP contribution in [0.25, 0.3) is 0 Å².